The Morgan fingerprint density at radius 1 is 0.967 bits per heavy atom. The van der Waals surface area contributed by atoms with Crippen LogP contribution in [0.4, 0.5) is 10.5 Å². The molecule has 6 nitrogen and oxygen atoms in total. The minimum Gasteiger partial charge on any atom is -0.442 e. The number of hydrogen-bond acceptors (Lipinski definition) is 5. The zero-order chi connectivity index (χ0) is 21.5. The molecule has 0 spiro atoms. The molecule has 30 heavy (non-hydrogen) atoms. The maximum absolute atomic E-state index is 12.4. The molecule has 0 fully saturated rings. The van der Waals surface area contributed by atoms with Crippen LogP contribution in [0, 0.1) is 0 Å². The van der Waals surface area contributed by atoms with Crippen molar-refractivity contribution in [1.82, 2.24) is 10.3 Å². The van der Waals surface area contributed by atoms with Gasteiger partial charge in [0.05, 0.1) is 11.7 Å². The third-order valence-corrected chi connectivity index (χ3v) is 4.99. The molecule has 154 valence electrons. The van der Waals surface area contributed by atoms with Crippen LogP contribution in [-0.2, 0) is 4.74 Å². The van der Waals surface area contributed by atoms with E-state index < -0.39 is 12.2 Å². The zero-order valence-electron chi connectivity index (χ0n) is 16.7. The molecule has 0 saturated carbocycles. The van der Waals surface area contributed by atoms with Gasteiger partial charge in [-0.25, -0.2) is 4.79 Å². The lowest BCUT2D eigenvalue weighted by atomic mass is 10.1. The Hall–Kier alpha value is -3.32. The van der Waals surface area contributed by atoms with Crippen molar-refractivity contribution in [3.63, 3.8) is 0 Å². The summed E-state index contributed by atoms with van der Waals surface area (Å²) >= 11 is 4.34. The number of amides is 2. The van der Waals surface area contributed by atoms with Gasteiger partial charge in [0.1, 0.15) is 6.10 Å². The molecule has 0 aliphatic heterocycles. The number of nitrogens with one attached hydrogen (secondary N) is 2. The number of anilines is 1. The number of thiol groups is 1. The zero-order valence-corrected chi connectivity index (χ0v) is 17.6. The van der Waals surface area contributed by atoms with E-state index >= 15 is 0 Å². The van der Waals surface area contributed by atoms with Gasteiger partial charge < -0.3 is 15.4 Å². The molecule has 0 aliphatic rings. The van der Waals surface area contributed by atoms with Crippen molar-refractivity contribution in [3.8, 4) is 0 Å². The molecule has 0 radical (unpaired) electrons. The fraction of sp³-hybridized carbons (Fsp3) is 0.174. The molecule has 0 unspecified atom stereocenters. The first kappa shape index (κ1) is 21.4. The minimum absolute atomic E-state index is 0.228. The van der Waals surface area contributed by atoms with E-state index in [0.717, 1.165) is 11.1 Å². The average Bonchev–Trinajstić information content (AvgIpc) is 2.76. The highest BCUT2D eigenvalue weighted by molar-refractivity contribution is 7.80. The number of ether oxygens (including phenoxy) is 1. The van der Waals surface area contributed by atoms with Crippen LogP contribution in [0.5, 0.6) is 0 Å². The van der Waals surface area contributed by atoms with Crippen molar-refractivity contribution in [2.45, 2.75) is 30.9 Å². The quantitative estimate of drug-likeness (QED) is 0.480. The summed E-state index contributed by atoms with van der Waals surface area (Å²) in [5.41, 5.74) is 2.83. The first-order chi connectivity index (χ1) is 14.4. The van der Waals surface area contributed by atoms with Crippen LogP contribution in [0.15, 0.2) is 78.0 Å². The van der Waals surface area contributed by atoms with Crippen LogP contribution in [-0.4, -0.2) is 17.0 Å². The van der Waals surface area contributed by atoms with Crippen LogP contribution in [0.2, 0.25) is 0 Å². The summed E-state index contributed by atoms with van der Waals surface area (Å²) in [6.07, 6.45) is 2.40. The number of aromatic nitrogens is 1. The van der Waals surface area contributed by atoms with Crippen molar-refractivity contribution < 1.29 is 14.3 Å². The highest BCUT2D eigenvalue weighted by Gasteiger charge is 2.15. The van der Waals surface area contributed by atoms with Gasteiger partial charge in [-0.05, 0) is 49.7 Å². The van der Waals surface area contributed by atoms with Crippen LogP contribution < -0.4 is 10.6 Å². The van der Waals surface area contributed by atoms with Crippen molar-refractivity contribution in [2.75, 3.05) is 5.32 Å². The summed E-state index contributed by atoms with van der Waals surface area (Å²) in [4.78, 5) is 29.4. The van der Waals surface area contributed by atoms with Crippen molar-refractivity contribution in [1.29, 1.82) is 0 Å². The number of pyridine rings is 1. The highest BCUT2D eigenvalue weighted by atomic mass is 32.1. The van der Waals surface area contributed by atoms with E-state index in [2.05, 4.69) is 28.2 Å². The molecule has 2 atom stereocenters. The van der Waals surface area contributed by atoms with Crippen LogP contribution in [0.3, 0.4) is 0 Å². The van der Waals surface area contributed by atoms with Crippen molar-refractivity contribution >= 4 is 30.3 Å². The lowest BCUT2D eigenvalue weighted by Crippen LogP contribution is -2.28. The predicted molar refractivity (Wildman–Crippen MR) is 119 cm³/mol. The Labute approximate surface area is 181 Å². The van der Waals surface area contributed by atoms with Gasteiger partial charge >= 0.3 is 6.09 Å². The fourth-order valence-corrected chi connectivity index (χ4v) is 3.05. The number of benzene rings is 2. The van der Waals surface area contributed by atoms with E-state index in [0.29, 0.717) is 16.1 Å². The van der Waals surface area contributed by atoms with Crippen LogP contribution in [0.1, 0.15) is 47.5 Å². The second-order valence-corrected chi connectivity index (χ2v) is 7.28. The van der Waals surface area contributed by atoms with Gasteiger partial charge in [-0.1, -0.05) is 30.3 Å². The van der Waals surface area contributed by atoms with Crippen LogP contribution >= 0.6 is 12.6 Å². The Morgan fingerprint density at radius 2 is 1.70 bits per heavy atom. The number of carbonyl (C=O) groups is 2. The molecule has 3 aromatic rings. The molecule has 2 amide bonds. The fourth-order valence-electron chi connectivity index (χ4n) is 2.84. The highest BCUT2D eigenvalue weighted by Crippen LogP contribution is 2.21. The number of hydrogen-bond donors (Lipinski definition) is 3. The first-order valence-electron chi connectivity index (χ1n) is 9.50. The maximum Gasteiger partial charge on any atom is 0.408 e. The lowest BCUT2D eigenvalue weighted by molar-refractivity contribution is 0.102. The van der Waals surface area contributed by atoms with Crippen LogP contribution in [0.25, 0.3) is 0 Å². The third-order valence-electron chi connectivity index (χ3n) is 4.60. The van der Waals surface area contributed by atoms with Gasteiger partial charge in [-0.2, -0.15) is 0 Å². The standard InChI is InChI=1S/C23H23N3O3S/c1-15(25-23(28)29-16(2)19-6-5-13-24-14-19)17-9-11-18(12-10-17)22(27)26-20-7-3-4-8-21(20)30/h3-16,30H,1-2H3,(H,25,28)(H,26,27)/t15-,16-/m0/s1. The van der Waals surface area contributed by atoms with E-state index in [4.69, 9.17) is 4.74 Å². The van der Waals surface area contributed by atoms with Crippen molar-refractivity contribution in [2.24, 2.45) is 0 Å². The number of nitrogens with zero attached hydrogens (tertiary/aromatic N) is 1. The summed E-state index contributed by atoms with van der Waals surface area (Å²) < 4.78 is 5.41. The Kier molecular flexibility index (Phi) is 7.08. The normalized spacial score (nSPS) is 12.5. The smallest absolute Gasteiger partial charge is 0.408 e. The monoisotopic (exact) mass is 421 g/mol. The van der Waals surface area contributed by atoms with Gasteiger partial charge in [-0.15, -0.1) is 12.6 Å². The van der Waals surface area contributed by atoms with Gasteiger partial charge in [-0.3, -0.25) is 9.78 Å². The van der Waals surface area contributed by atoms with E-state index in [1.807, 2.05) is 31.2 Å². The largest absolute Gasteiger partial charge is 0.442 e. The Morgan fingerprint density at radius 3 is 2.37 bits per heavy atom. The first-order valence-corrected chi connectivity index (χ1v) is 9.95. The summed E-state index contributed by atoms with van der Waals surface area (Å²) in [7, 11) is 0. The molecular formula is C23H23N3O3S. The number of para-hydroxylation sites is 1. The molecule has 1 heterocycles. The molecule has 0 bridgehead atoms. The minimum atomic E-state index is -0.522. The Balaban J connectivity index is 1.56. The molecule has 0 saturated heterocycles. The third kappa shape index (κ3) is 5.61. The number of rotatable bonds is 6. The van der Waals surface area contributed by atoms with Gasteiger partial charge in [0, 0.05) is 28.4 Å². The summed E-state index contributed by atoms with van der Waals surface area (Å²) in [6, 6.07) is 17.7. The molecule has 0 aliphatic carbocycles. The van der Waals surface area contributed by atoms with E-state index in [1.54, 1.807) is 55.7 Å². The average molecular weight is 422 g/mol. The second kappa shape index (κ2) is 9.93. The SMILES string of the molecule is C[C@H](NC(=O)O[C@@H](C)c1cccnc1)c1ccc(C(=O)Nc2ccccc2S)cc1. The molecule has 3 rings (SSSR count). The van der Waals surface area contributed by atoms with Gasteiger partial charge in [0.15, 0.2) is 0 Å². The topological polar surface area (TPSA) is 80.3 Å². The predicted octanol–water partition coefficient (Wildman–Crippen LogP) is 5.17. The molecule has 2 N–H and O–H groups in total. The number of carbonyl (C=O) groups excluding carboxylic acids is 2. The summed E-state index contributed by atoms with van der Waals surface area (Å²) in [5, 5.41) is 5.63. The maximum atomic E-state index is 12.4. The van der Waals surface area contributed by atoms with E-state index in [9.17, 15) is 9.59 Å². The second-order valence-electron chi connectivity index (χ2n) is 6.79. The van der Waals surface area contributed by atoms with Gasteiger partial charge in [0.2, 0.25) is 0 Å². The van der Waals surface area contributed by atoms with E-state index in [-0.39, 0.29) is 11.9 Å². The lowest BCUT2D eigenvalue weighted by Gasteiger charge is -2.18. The molecule has 7 heteroatoms. The van der Waals surface area contributed by atoms with Crippen molar-refractivity contribution in [3.05, 3.63) is 89.7 Å². The molecule has 1 aromatic heterocycles. The number of alkyl carbamates (subject to hydrolysis) is 1. The molecular weight excluding hydrogens is 398 g/mol. The Bertz CT molecular complexity index is 1010. The summed E-state index contributed by atoms with van der Waals surface area (Å²) in [5.74, 6) is -0.228. The molecule has 2 aromatic carbocycles. The summed E-state index contributed by atoms with van der Waals surface area (Å²) in [6.45, 7) is 3.64. The van der Waals surface area contributed by atoms with Gasteiger partial charge in [0.25, 0.3) is 5.91 Å². The van der Waals surface area contributed by atoms with E-state index in [1.165, 1.54) is 0 Å².